The Labute approximate surface area is 370 Å². The number of hydrogen-bond donors (Lipinski definition) is 0. The zero-order valence-electron chi connectivity index (χ0n) is 39.6. The molecule has 0 atom stereocenters. The van der Waals surface area contributed by atoms with E-state index in [1.165, 1.54) is 309 Å². The fourth-order valence-corrected chi connectivity index (χ4v) is 10.9. The monoisotopic (exact) mass is 829 g/mol. The van der Waals surface area contributed by atoms with Gasteiger partial charge in [-0.15, -0.1) is 23.5 Å². The first-order chi connectivity index (χ1) is 28.3. The van der Waals surface area contributed by atoms with Crippen molar-refractivity contribution < 1.29 is 0 Å². The maximum atomic E-state index is 2.47. The van der Waals surface area contributed by atoms with Gasteiger partial charge in [-0.2, -0.15) is 0 Å². The van der Waals surface area contributed by atoms with Crippen LogP contribution in [-0.4, -0.2) is 11.5 Å². The molecule has 1 aromatic carbocycles. The van der Waals surface area contributed by atoms with Crippen LogP contribution in [0.2, 0.25) is 0 Å². The highest BCUT2D eigenvalue weighted by Gasteiger charge is 2.03. The molecule has 0 amide bonds. The van der Waals surface area contributed by atoms with Gasteiger partial charge in [-0.1, -0.05) is 284 Å². The third-order valence-electron chi connectivity index (χ3n) is 12.6. The number of rotatable bonds is 48. The fraction of sp³-hybridized carbons (Fsp3) is 0.891. The van der Waals surface area contributed by atoms with E-state index in [-0.39, 0.29) is 0 Å². The summed E-state index contributed by atoms with van der Waals surface area (Å²) in [5, 5.41) is 0. The van der Waals surface area contributed by atoms with E-state index in [2.05, 4.69) is 62.5 Å². The van der Waals surface area contributed by atoms with Crippen LogP contribution in [0.4, 0.5) is 0 Å². The molecule has 0 aliphatic heterocycles. The maximum Gasteiger partial charge on any atom is 0.00857 e. The summed E-state index contributed by atoms with van der Waals surface area (Å²) in [6.07, 6.45) is 64.3. The van der Waals surface area contributed by atoms with Crippen molar-refractivity contribution in [3.05, 3.63) is 23.8 Å². The third-order valence-corrected chi connectivity index (χ3v) is 14.7. The molecule has 336 valence electrons. The molecule has 0 nitrogen and oxygen atoms in total. The molecule has 2 heteroatoms. The van der Waals surface area contributed by atoms with Crippen LogP contribution in [0, 0.1) is 6.92 Å². The minimum atomic E-state index is 1.28. The molecule has 1 rings (SSSR count). The zero-order chi connectivity index (χ0) is 40.8. The summed E-state index contributed by atoms with van der Waals surface area (Å²) in [5.41, 5.74) is 1.44. The van der Waals surface area contributed by atoms with E-state index < -0.39 is 0 Å². The molecule has 0 saturated heterocycles. The molecule has 0 bridgehead atoms. The van der Waals surface area contributed by atoms with Crippen molar-refractivity contribution in [2.75, 3.05) is 11.5 Å². The number of aryl methyl sites for hydroxylation is 1. The lowest BCUT2D eigenvalue weighted by Gasteiger charge is -2.08. The molecule has 0 heterocycles. The highest BCUT2D eigenvalue weighted by molar-refractivity contribution is 8.00. The average Bonchev–Trinajstić information content (AvgIpc) is 3.21. The topological polar surface area (TPSA) is 0 Å². The van der Waals surface area contributed by atoms with Crippen molar-refractivity contribution in [1.29, 1.82) is 0 Å². The molecular formula is C55H104S2. The van der Waals surface area contributed by atoms with Crippen LogP contribution >= 0.6 is 23.5 Å². The van der Waals surface area contributed by atoms with Gasteiger partial charge in [-0.05, 0) is 55.0 Å². The van der Waals surface area contributed by atoms with Crippen molar-refractivity contribution >= 4 is 23.5 Å². The number of thioether (sulfide) groups is 2. The minimum Gasteiger partial charge on any atom is -0.126 e. The van der Waals surface area contributed by atoms with Crippen molar-refractivity contribution in [3.8, 4) is 0 Å². The Balaban J connectivity index is 1.82. The van der Waals surface area contributed by atoms with Crippen molar-refractivity contribution in [1.82, 2.24) is 0 Å². The Hall–Kier alpha value is -0.0800. The van der Waals surface area contributed by atoms with Gasteiger partial charge >= 0.3 is 0 Å². The van der Waals surface area contributed by atoms with E-state index in [1.54, 1.807) is 0 Å². The molecule has 0 unspecified atom stereocenters. The number of hydrogen-bond acceptors (Lipinski definition) is 2. The molecular weight excluding hydrogens is 725 g/mol. The van der Waals surface area contributed by atoms with Crippen LogP contribution in [0.25, 0.3) is 0 Å². The first-order valence-electron chi connectivity index (χ1n) is 26.6. The van der Waals surface area contributed by atoms with Crippen LogP contribution in [0.15, 0.2) is 28.0 Å². The Morgan fingerprint density at radius 2 is 0.421 bits per heavy atom. The van der Waals surface area contributed by atoms with Crippen LogP contribution in [-0.2, 0) is 0 Å². The normalized spacial score (nSPS) is 11.6. The third kappa shape index (κ3) is 42.4. The molecule has 57 heavy (non-hydrogen) atoms. The summed E-state index contributed by atoms with van der Waals surface area (Å²) in [5.74, 6) is 2.57. The molecule has 0 N–H and O–H groups in total. The van der Waals surface area contributed by atoms with Gasteiger partial charge in [0.2, 0.25) is 0 Å². The minimum absolute atomic E-state index is 1.28. The van der Waals surface area contributed by atoms with E-state index in [4.69, 9.17) is 0 Å². The lowest BCUT2D eigenvalue weighted by molar-refractivity contribution is 0.520. The van der Waals surface area contributed by atoms with Crippen molar-refractivity contribution in [2.45, 2.75) is 313 Å². The number of unbranched alkanes of at least 4 members (excludes halogenated alkanes) is 42. The Kier molecular flexibility index (Phi) is 45.3. The van der Waals surface area contributed by atoms with Gasteiger partial charge in [0.1, 0.15) is 0 Å². The van der Waals surface area contributed by atoms with E-state index in [0.29, 0.717) is 0 Å². The van der Waals surface area contributed by atoms with Gasteiger partial charge in [0.05, 0.1) is 0 Å². The zero-order valence-corrected chi connectivity index (χ0v) is 41.2. The second kappa shape index (κ2) is 47.0. The standard InChI is InChI=1S/C55H104S2/c1-4-6-8-10-12-14-16-18-20-22-24-26-28-30-32-34-36-38-40-42-44-46-48-56-54-50-53(3)51-55(52-54)57-49-47-45-43-41-39-37-35-33-31-29-27-25-23-21-19-17-15-13-11-9-7-5-2/h50-52H,4-49H2,1-3H3. The maximum absolute atomic E-state index is 2.47. The SMILES string of the molecule is CCCCCCCCCCCCCCCCCCCCCCCCSc1cc(C)cc(SCCCCCCCCCCCCCCCCCCCCCCCC)c1. The van der Waals surface area contributed by atoms with E-state index >= 15 is 0 Å². The molecule has 0 aliphatic carbocycles. The van der Waals surface area contributed by atoms with Crippen LogP contribution < -0.4 is 0 Å². The number of benzene rings is 1. The smallest absolute Gasteiger partial charge is 0.00857 e. The Morgan fingerprint density at radius 1 is 0.246 bits per heavy atom. The molecule has 1 aromatic rings. The molecule has 0 aliphatic rings. The summed E-state index contributed by atoms with van der Waals surface area (Å²) in [6.45, 7) is 6.91. The summed E-state index contributed by atoms with van der Waals surface area (Å²) < 4.78 is 0. The first-order valence-corrected chi connectivity index (χ1v) is 28.6. The Bertz CT molecular complexity index is 826. The van der Waals surface area contributed by atoms with Crippen molar-refractivity contribution in [2.24, 2.45) is 0 Å². The Morgan fingerprint density at radius 3 is 0.614 bits per heavy atom. The highest BCUT2D eigenvalue weighted by Crippen LogP contribution is 2.29. The van der Waals surface area contributed by atoms with Gasteiger partial charge in [-0.25, -0.2) is 0 Å². The van der Waals surface area contributed by atoms with Gasteiger partial charge in [0.25, 0.3) is 0 Å². The summed E-state index contributed by atoms with van der Waals surface area (Å²) in [6, 6.07) is 7.29. The van der Waals surface area contributed by atoms with E-state index in [1.807, 2.05) is 0 Å². The predicted octanol–water partition coefficient (Wildman–Crippen LogP) is 21.4. The van der Waals surface area contributed by atoms with Crippen LogP contribution in [0.3, 0.4) is 0 Å². The van der Waals surface area contributed by atoms with Crippen molar-refractivity contribution in [3.63, 3.8) is 0 Å². The van der Waals surface area contributed by atoms with Gasteiger partial charge in [0, 0.05) is 9.79 Å². The molecule has 0 fully saturated rings. The summed E-state index contributed by atoms with van der Waals surface area (Å²) in [7, 11) is 0. The van der Waals surface area contributed by atoms with Crippen LogP contribution in [0.1, 0.15) is 302 Å². The largest absolute Gasteiger partial charge is 0.126 e. The van der Waals surface area contributed by atoms with Gasteiger partial charge in [-0.3, -0.25) is 0 Å². The quantitative estimate of drug-likeness (QED) is 0.0474. The van der Waals surface area contributed by atoms with E-state index in [0.717, 1.165) is 0 Å². The molecule has 0 spiro atoms. The molecule has 0 radical (unpaired) electrons. The second-order valence-corrected chi connectivity index (χ2v) is 20.9. The fourth-order valence-electron chi connectivity index (χ4n) is 8.68. The first kappa shape index (κ1) is 54.9. The summed E-state index contributed by atoms with van der Waals surface area (Å²) in [4.78, 5) is 2.99. The lowest BCUT2D eigenvalue weighted by atomic mass is 10.0. The summed E-state index contributed by atoms with van der Waals surface area (Å²) >= 11 is 4.19. The predicted molar refractivity (Wildman–Crippen MR) is 267 cm³/mol. The van der Waals surface area contributed by atoms with Crippen LogP contribution in [0.5, 0.6) is 0 Å². The highest BCUT2D eigenvalue weighted by atomic mass is 32.2. The average molecular weight is 830 g/mol. The van der Waals surface area contributed by atoms with E-state index in [9.17, 15) is 0 Å². The molecule has 0 saturated carbocycles. The van der Waals surface area contributed by atoms with Gasteiger partial charge < -0.3 is 0 Å². The van der Waals surface area contributed by atoms with Gasteiger partial charge in [0.15, 0.2) is 0 Å². The lowest BCUT2D eigenvalue weighted by Crippen LogP contribution is -1.87. The second-order valence-electron chi connectivity index (χ2n) is 18.5. The molecule has 0 aromatic heterocycles.